The molecule has 2 rings (SSSR count). The Morgan fingerprint density at radius 3 is 2.88 bits per heavy atom. The molecule has 3 nitrogen and oxygen atoms in total. The van der Waals surface area contributed by atoms with Crippen LogP contribution >= 0.6 is 0 Å². The summed E-state index contributed by atoms with van der Waals surface area (Å²) in [6, 6.07) is 8.42. The summed E-state index contributed by atoms with van der Waals surface area (Å²) >= 11 is 0. The van der Waals surface area contributed by atoms with E-state index in [1.807, 2.05) is 12.1 Å². The van der Waals surface area contributed by atoms with Gasteiger partial charge in [0, 0.05) is 12.5 Å². The standard InChI is InChI=1S/C14H19NO2/c1-10-3-2-4-11(7-10)5-6-14(17)15-12-8-13(16)9-12/h2-4,7,12-13,16H,5-6,8-9H2,1H3,(H,15,17). The minimum atomic E-state index is -0.211. The molecule has 2 N–H and O–H groups in total. The number of aliphatic hydroxyl groups excluding tert-OH is 1. The van der Waals surface area contributed by atoms with Crippen molar-refractivity contribution in [1.29, 1.82) is 0 Å². The first-order valence-electron chi connectivity index (χ1n) is 6.16. The molecule has 1 aliphatic rings. The Hall–Kier alpha value is -1.35. The van der Waals surface area contributed by atoms with Crippen molar-refractivity contribution in [2.24, 2.45) is 0 Å². The van der Waals surface area contributed by atoms with Crippen LogP contribution in [0, 0.1) is 6.92 Å². The number of carbonyl (C=O) groups excluding carboxylic acids is 1. The molecule has 0 radical (unpaired) electrons. The molecule has 1 amide bonds. The zero-order valence-corrected chi connectivity index (χ0v) is 10.1. The fourth-order valence-electron chi connectivity index (χ4n) is 2.13. The molecule has 1 saturated carbocycles. The van der Waals surface area contributed by atoms with Gasteiger partial charge in [-0.2, -0.15) is 0 Å². The monoisotopic (exact) mass is 233 g/mol. The summed E-state index contributed by atoms with van der Waals surface area (Å²) in [5.74, 6) is 0.0865. The molecule has 1 fully saturated rings. The lowest BCUT2D eigenvalue weighted by Crippen LogP contribution is -2.46. The average molecular weight is 233 g/mol. The van der Waals surface area contributed by atoms with Crippen LogP contribution in [0.5, 0.6) is 0 Å². The van der Waals surface area contributed by atoms with E-state index in [4.69, 9.17) is 5.11 Å². The number of benzene rings is 1. The fourth-order valence-corrected chi connectivity index (χ4v) is 2.13. The number of aryl methyl sites for hydroxylation is 2. The first-order chi connectivity index (χ1) is 8.13. The summed E-state index contributed by atoms with van der Waals surface area (Å²) in [6.45, 7) is 2.05. The molecule has 0 spiro atoms. The Balaban J connectivity index is 1.72. The molecule has 0 unspecified atom stereocenters. The van der Waals surface area contributed by atoms with Crippen LogP contribution in [-0.4, -0.2) is 23.2 Å². The molecule has 0 saturated heterocycles. The summed E-state index contributed by atoms with van der Waals surface area (Å²) in [7, 11) is 0. The molecule has 3 heteroatoms. The van der Waals surface area contributed by atoms with Crippen molar-refractivity contribution in [3.63, 3.8) is 0 Å². The first-order valence-corrected chi connectivity index (χ1v) is 6.16. The Morgan fingerprint density at radius 2 is 2.24 bits per heavy atom. The lowest BCUT2D eigenvalue weighted by atomic mass is 9.89. The van der Waals surface area contributed by atoms with E-state index < -0.39 is 0 Å². The van der Waals surface area contributed by atoms with Gasteiger partial charge in [0.15, 0.2) is 0 Å². The van der Waals surface area contributed by atoms with Crippen LogP contribution in [0.3, 0.4) is 0 Å². The van der Waals surface area contributed by atoms with E-state index in [0.717, 1.165) is 6.42 Å². The molecule has 0 heterocycles. The second-order valence-electron chi connectivity index (χ2n) is 4.88. The van der Waals surface area contributed by atoms with Crippen molar-refractivity contribution in [3.8, 4) is 0 Å². The van der Waals surface area contributed by atoms with Crippen molar-refractivity contribution >= 4 is 5.91 Å². The fraction of sp³-hybridized carbons (Fsp3) is 0.500. The number of hydrogen-bond donors (Lipinski definition) is 2. The van der Waals surface area contributed by atoms with Gasteiger partial charge >= 0.3 is 0 Å². The van der Waals surface area contributed by atoms with Crippen molar-refractivity contribution in [2.75, 3.05) is 0 Å². The third-order valence-electron chi connectivity index (χ3n) is 3.20. The second-order valence-corrected chi connectivity index (χ2v) is 4.88. The minimum Gasteiger partial charge on any atom is -0.393 e. The smallest absolute Gasteiger partial charge is 0.220 e. The molecule has 17 heavy (non-hydrogen) atoms. The molecule has 1 aromatic carbocycles. The Labute approximate surface area is 102 Å². The first kappa shape index (κ1) is 12.1. The van der Waals surface area contributed by atoms with Crippen molar-refractivity contribution in [2.45, 2.75) is 44.8 Å². The highest BCUT2D eigenvalue weighted by atomic mass is 16.3. The van der Waals surface area contributed by atoms with E-state index in [-0.39, 0.29) is 18.1 Å². The largest absolute Gasteiger partial charge is 0.393 e. The van der Waals surface area contributed by atoms with E-state index in [1.165, 1.54) is 11.1 Å². The van der Waals surface area contributed by atoms with Crippen LogP contribution in [-0.2, 0) is 11.2 Å². The van der Waals surface area contributed by atoms with Gasteiger partial charge in [-0.25, -0.2) is 0 Å². The maximum absolute atomic E-state index is 11.6. The van der Waals surface area contributed by atoms with Gasteiger partial charge in [-0.1, -0.05) is 29.8 Å². The van der Waals surface area contributed by atoms with E-state index >= 15 is 0 Å². The van der Waals surface area contributed by atoms with Gasteiger partial charge in [0.2, 0.25) is 5.91 Å². The normalized spacial score (nSPS) is 22.9. The summed E-state index contributed by atoms with van der Waals surface area (Å²) in [4.78, 5) is 11.6. The molecule has 1 aromatic rings. The molecule has 92 valence electrons. The zero-order valence-electron chi connectivity index (χ0n) is 10.1. The van der Waals surface area contributed by atoms with Crippen LogP contribution in [0.15, 0.2) is 24.3 Å². The van der Waals surface area contributed by atoms with Gasteiger partial charge in [-0.15, -0.1) is 0 Å². The highest BCUT2D eigenvalue weighted by Crippen LogP contribution is 2.19. The molecular formula is C14H19NO2. The van der Waals surface area contributed by atoms with E-state index in [1.54, 1.807) is 0 Å². The predicted octanol–water partition coefficient (Wildman–Crippen LogP) is 1.57. The van der Waals surface area contributed by atoms with Gasteiger partial charge in [-0.05, 0) is 31.7 Å². The number of hydrogen-bond acceptors (Lipinski definition) is 2. The highest BCUT2D eigenvalue weighted by molar-refractivity contribution is 5.76. The van der Waals surface area contributed by atoms with Gasteiger partial charge in [0.1, 0.15) is 0 Å². The third-order valence-corrected chi connectivity index (χ3v) is 3.20. The SMILES string of the molecule is Cc1cccc(CCC(=O)NC2CC(O)C2)c1. The number of rotatable bonds is 4. The van der Waals surface area contributed by atoms with Gasteiger partial charge in [0.25, 0.3) is 0 Å². The number of amides is 1. The molecule has 0 atom stereocenters. The Morgan fingerprint density at radius 1 is 1.47 bits per heavy atom. The van der Waals surface area contributed by atoms with Crippen molar-refractivity contribution < 1.29 is 9.90 Å². The molecule has 0 aliphatic heterocycles. The zero-order chi connectivity index (χ0) is 12.3. The predicted molar refractivity (Wildman–Crippen MR) is 66.7 cm³/mol. The van der Waals surface area contributed by atoms with E-state index in [0.29, 0.717) is 19.3 Å². The maximum Gasteiger partial charge on any atom is 0.220 e. The number of aliphatic hydroxyl groups is 1. The average Bonchev–Trinajstić information content (AvgIpc) is 2.24. The number of nitrogens with one attached hydrogen (secondary N) is 1. The molecule has 0 bridgehead atoms. The van der Waals surface area contributed by atoms with Crippen LogP contribution in [0.25, 0.3) is 0 Å². The molecular weight excluding hydrogens is 214 g/mol. The quantitative estimate of drug-likeness (QED) is 0.829. The van der Waals surface area contributed by atoms with E-state index in [2.05, 4.69) is 24.4 Å². The summed E-state index contributed by atoms with van der Waals surface area (Å²) in [6.07, 6.45) is 2.50. The van der Waals surface area contributed by atoms with Crippen LogP contribution in [0.4, 0.5) is 0 Å². The second kappa shape index (κ2) is 5.32. The van der Waals surface area contributed by atoms with E-state index in [9.17, 15) is 4.79 Å². The van der Waals surface area contributed by atoms with Gasteiger partial charge < -0.3 is 10.4 Å². The van der Waals surface area contributed by atoms with Crippen molar-refractivity contribution in [1.82, 2.24) is 5.32 Å². The third kappa shape index (κ3) is 3.56. The highest BCUT2D eigenvalue weighted by Gasteiger charge is 2.27. The van der Waals surface area contributed by atoms with Crippen LogP contribution in [0.2, 0.25) is 0 Å². The lowest BCUT2D eigenvalue weighted by Gasteiger charge is -2.31. The summed E-state index contributed by atoms with van der Waals surface area (Å²) in [5, 5.41) is 12.1. The summed E-state index contributed by atoms with van der Waals surface area (Å²) < 4.78 is 0. The maximum atomic E-state index is 11.6. The number of carbonyl (C=O) groups is 1. The summed E-state index contributed by atoms with van der Waals surface area (Å²) in [5.41, 5.74) is 2.43. The Kier molecular flexibility index (Phi) is 3.79. The topological polar surface area (TPSA) is 49.3 Å². The van der Waals surface area contributed by atoms with Crippen LogP contribution < -0.4 is 5.32 Å². The Bertz CT molecular complexity index is 397. The van der Waals surface area contributed by atoms with Crippen LogP contribution in [0.1, 0.15) is 30.4 Å². The lowest BCUT2D eigenvalue weighted by molar-refractivity contribution is -0.123. The molecule has 0 aromatic heterocycles. The molecule has 1 aliphatic carbocycles. The van der Waals surface area contributed by atoms with Gasteiger partial charge in [0.05, 0.1) is 6.10 Å². The minimum absolute atomic E-state index is 0.0865. The van der Waals surface area contributed by atoms with Gasteiger partial charge in [-0.3, -0.25) is 4.79 Å². The van der Waals surface area contributed by atoms with Crippen molar-refractivity contribution in [3.05, 3.63) is 35.4 Å².